The first-order valence-electron chi connectivity index (χ1n) is 8.30. The number of aliphatic hydroxyl groups excluding tert-OH is 1. The molecular formula is C18H25FO4S. The lowest BCUT2D eigenvalue weighted by Gasteiger charge is -2.14. The van der Waals surface area contributed by atoms with Crippen molar-refractivity contribution in [2.75, 3.05) is 24.7 Å². The van der Waals surface area contributed by atoms with E-state index < -0.39 is 15.7 Å². The molecule has 2 rings (SSSR count). The first-order valence-corrected chi connectivity index (χ1v) is 10.1. The van der Waals surface area contributed by atoms with Crippen molar-refractivity contribution in [3.05, 3.63) is 41.7 Å². The Hall–Kier alpha value is -1.40. The van der Waals surface area contributed by atoms with Gasteiger partial charge in [-0.2, -0.15) is 0 Å². The molecule has 0 aromatic heterocycles. The Morgan fingerprint density at radius 1 is 1.38 bits per heavy atom. The third kappa shape index (κ3) is 6.24. The second-order valence-electron chi connectivity index (χ2n) is 6.40. The Morgan fingerprint density at radius 3 is 2.79 bits per heavy atom. The minimum Gasteiger partial charge on any atom is -0.490 e. The van der Waals surface area contributed by atoms with Gasteiger partial charge in [-0.25, -0.2) is 12.8 Å². The fourth-order valence-electron chi connectivity index (χ4n) is 2.43. The smallest absolute Gasteiger partial charge is 0.165 e. The molecule has 0 spiro atoms. The molecule has 0 unspecified atom stereocenters. The van der Waals surface area contributed by atoms with Crippen molar-refractivity contribution >= 4 is 9.84 Å². The van der Waals surface area contributed by atoms with Crippen LogP contribution >= 0.6 is 0 Å². The van der Waals surface area contributed by atoms with Crippen molar-refractivity contribution in [2.45, 2.75) is 32.1 Å². The van der Waals surface area contributed by atoms with Gasteiger partial charge in [0.15, 0.2) is 21.4 Å². The predicted molar refractivity (Wildman–Crippen MR) is 92.5 cm³/mol. The maximum Gasteiger partial charge on any atom is 0.165 e. The molecule has 24 heavy (non-hydrogen) atoms. The van der Waals surface area contributed by atoms with Crippen LogP contribution in [0.3, 0.4) is 0 Å². The van der Waals surface area contributed by atoms with Crippen LogP contribution in [0.2, 0.25) is 0 Å². The van der Waals surface area contributed by atoms with E-state index in [-0.39, 0.29) is 29.8 Å². The molecule has 1 aromatic rings. The van der Waals surface area contributed by atoms with Gasteiger partial charge in [0.25, 0.3) is 0 Å². The van der Waals surface area contributed by atoms with E-state index in [1.807, 2.05) is 6.92 Å². The highest BCUT2D eigenvalue weighted by Gasteiger charge is 2.23. The highest BCUT2D eigenvalue weighted by Crippen LogP contribution is 2.31. The van der Waals surface area contributed by atoms with Crippen molar-refractivity contribution in [1.29, 1.82) is 0 Å². The van der Waals surface area contributed by atoms with Gasteiger partial charge in [-0.15, -0.1) is 0 Å². The molecule has 6 heteroatoms. The van der Waals surface area contributed by atoms with E-state index in [0.29, 0.717) is 18.9 Å². The van der Waals surface area contributed by atoms with Crippen molar-refractivity contribution in [3.8, 4) is 5.75 Å². The molecule has 1 atom stereocenters. The quantitative estimate of drug-likeness (QED) is 0.655. The van der Waals surface area contributed by atoms with Crippen LogP contribution in [-0.4, -0.2) is 38.2 Å². The molecular weight excluding hydrogens is 331 g/mol. The van der Waals surface area contributed by atoms with E-state index in [9.17, 15) is 12.8 Å². The monoisotopic (exact) mass is 356 g/mol. The summed E-state index contributed by atoms with van der Waals surface area (Å²) in [7, 11) is -3.22. The molecule has 0 bridgehead atoms. The summed E-state index contributed by atoms with van der Waals surface area (Å²) in [6.45, 7) is 2.25. The average molecular weight is 356 g/mol. The number of sulfone groups is 1. The van der Waals surface area contributed by atoms with Gasteiger partial charge >= 0.3 is 0 Å². The molecule has 0 aliphatic heterocycles. The summed E-state index contributed by atoms with van der Waals surface area (Å²) in [6, 6.07) is 4.57. The fourth-order valence-corrected chi connectivity index (χ4v) is 4.05. The summed E-state index contributed by atoms with van der Waals surface area (Å²) in [6.07, 6.45) is 5.82. The van der Waals surface area contributed by atoms with Gasteiger partial charge in [0.05, 0.1) is 24.7 Å². The lowest BCUT2D eigenvalue weighted by molar-refractivity contribution is 0.285. The zero-order chi connectivity index (χ0) is 17.6. The van der Waals surface area contributed by atoms with Crippen LogP contribution in [-0.2, 0) is 9.84 Å². The van der Waals surface area contributed by atoms with Gasteiger partial charge in [0.2, 0.25) is 0 Å². The molecule has 1 aliphatic carbocycles. The lowest BCUT2D eigenvalue weighted by Crippen LogP contribution is -2.16. The van der Waals surface area contributed by atoms with E-state index in [4.69, 9.17) is 9.84 Å². The first-order chi connectivity index (χ1) is 11.4. The third-order valence-electron chi connectivity index (χ3n) is 4.07. The Morgan fingerprint density at radius 2 is 2.12 bits per heavy atom. The maximum absolute atomic E-state index is 13.8. The van der Waals surface area contributed by atoms with Crippen LogP contribution in [0.1, 0.15) is 37.7 Å². The number of ether oxygens (including phenoxy) is 1. The first kappa shape index (κ1) is 18.9. The van der Waals surface area contributed by atoms with E-state index in [0.717, 1.165) is 18.4 Å². The molecule has 1 saturated carbocycles. The van der Waals surface area contributed by atoms with E-state index >= 15 is 0 Å². The van der Waals surface area contributed by atoms with Gasteiger partial charge in [-0.3, -0.25) is 0 Å². The van der Waals surface area contributed by atoms with Crippen molar-refractivity contribution < 1.29 is 22.7 Å². The third-order valence-corrected chi connectivity index (χ3v) is 5.93. The van der Waals surface area contributed by atoms with Crippen LogP contribution in [0.5, 0.6) is 5.75 Å². The van der Waals surface area contributed by atoms with Gasteiger partial charge in [0, 0.05) is 0 Å². The molecule has 0 amide bonds. The molecule has 0 radical (unpaired) electrons. The topological polar surface area (TPSA) is 63.6 Å². The van der Waals surface area contributed by atoms with Crippen LogP contribution in [0.4, 0.5) is 4.39 Å². The Balaban J connectivity index is 1.96. The van der Waals surface area contributed by atoms with Gasteiger partial charge in [-0.05, 0) is 48.8 Å². The summed E-state index contributed by atoms with van der Waals surface area (Å²) in [5.74, 6) is 0.130. The van der Waals surface area contributed by atoms with Crippen molar-refractivity contribution in [2.24, 2.45) is 5.92 Å². The number of hydrogen-bond acceptors (Lipinski definition) is 4. The van der Waals surface area contributed by atoms with E-state index in [1.54, 1.807) is 18.2 Å². The van der Waals surface area contributed by atoms with Crippen molar-refractivity contribution in [1.82, 2.24) is 0 Å². The number of allylic oxidation sites excluding steroid dienone is 1. The average Bonchev–Trinajstić information content (AvgIpc) is 3.34. The van der Waals surface area contributed by atoms with Gasteiger partial charge < -0.3 is 9.84 Å². The largest absolute Gasteiger partial charge is 0.490 e. The zero-order valence-electron chi connectivity index (χ0n) is 13.9. The molecule has 1 N–H and O–H groups in total. The zero-order valence-corrected chi connectivity index (χ0v) is 14.8. The number of hydrogen-bond donors (Lipinski definition) is 1. The number of rotatable bonds is 10. The maximum atomic E-state index is 13.8. The Bertz CT molecular complexity index is 666. The molecule has 1 aromatic carbocycles. The number of aliphatic hydroxyl groups is 1. The van der Waals surface area contributed by atoms with Gasteiger partial charge in [0.1, 0.15) is 0 Å². The summed E-state index contributed by atoms with van der Waals surface area (Å²) >= 11 is 0. The Labute approximate surface area is 143 Å². The van der Waals surface area contributed by atoms with Crippen LogP contribution in [0, 0.1) is 11.7 Å². The minimum absolute atomic E-state index is 0.00760. The van der Waals surface area contributed by atoms with E-state index in [1.165, 1.54) is 12.1 Å². The number of benzene rings is 1. The van der Waals surface area contributed by atoms with Crippen LogP contribution in [0.15, 0.2) is 30.4 Å². The van der Waals surface area contributed by atoms with Crippen molar-refractivity contribution in [3.63, 3.8) is 0 Å². The summed E-state index contributed by atoms with van der Waals surface area (Å²) in [4.78, 5) is 0. The fraction of sp³-hybridized carbons (Fsp3) is 0.556. The second-order valence-corrected chi connectivity index (χ2v) is 8.63. The van der Waals surface area contributed by atoms with Gasteiger partial charge in [-0.1, -0.05) is 25.1 Å². The highest BCUT2D eigenvalue weighted by atomic mass is 32.2. The summed E-state index contributed by atoms with van der Waals surface area (Å²) in [5, 5.41) is 8.64. The standard InChI is InChI=1S/C18H25FO4S/c1-14(13-24(21,22)10-4-2-3-9-20)16-7-8-17(19)18(11-16)23-12-15-5-6-15/h2-3,7-8,11,14-15,20H,4-6,9-10,12-13H2,1H3/b3-2+/t14-/m0/s1. The second kappa shape index (κ2) is 8.62. The van der Waals surface area contributed by atoms with E-state index in [2.05, 4.69) is 0 Å². The molecule has 1 aliphatic rings. The SMILES string of the molecule is C[C@@H](CS(=O)(=O)CC/C=C/CO)c1ccc(F)c(OCC2CC2)c1. The molecule has 1 fully saturated rings. The lowest BCUT2D eigenvalue weighted by atomic mass is 10.0. The molecule has 0 heterocycles. The normalized spacial score (nSPS) is 16.5. The molecule has 4 nitrogen and oxygen atoms in total. The predicted octanol–water partition coefficient (Wildman–Crippen LogP) is 3.07. The van der Waals surface area contributed by atoms with Crippen LogP contribution < -0.4 is 4.74 Å². The minimum atomic E-state index is -3.22. The van der Waals surface area contributed by atoms with Crippen LogP contribution in [0.25, 0.3) is 0 Å². The summed E-state index contributed by atoms with van der Waals surface area (Å²) in [5.41, 5.74) is 0.761. The number of halogens is 1. The Kier molecular flexibility index (Phi) is 6.80. The highest BCUT2D eigenvalue weighted by molar-refractivity contribution is 7.91. The molecule has 0 saturated heterocycles. The summed E-state index contributed by atoms with van der Waals surface area (Å²) < 4.78 is 43.6. The molecule has 134 valence electrons.